The summed E-state index contributed by atoms with van der Waals surface area (Å²) < 4.78 is 22.1. The lowest BCUT2D eigenvalue weighted by atomic mass is 9.88. The van der Waals surface area contributed by atoms with E-state index < -0.39 is 123 Å². The number of carbonyl (C=O) groups is 3. The Kier molecular flexibility index (Phi) is 13.8. The Morgan fingerprint density at radius 1 is 1.07 bits per heavy atom. The second kappa shape index (κ2) is 16.1. The molecule has 2 aliphatic rings. The van der Waals surface area contributed by atoms with E-state index in [-0.39, 0.29) is 0 Å². The van der Waals surface area contributed by atoms with E-state index in [0.717, 1.165) is 6.92 Å². The quantitative estimate of drug-likeness (QED) is 0.0801. The highest BCUT2D eigenvalue weighted by atomic mass is 16.8. The van der Waals surface area contributed by atoms with Gasteiger partial charge in [-0.3, -0.25) is 9.59 Å². The van der Waals surface area contributed by atoms with Crippen LogP contribution in [0.4, 0.5) is 0 Å². The summed E-state index contributed by atoms with van der Waals surface area (Å²) in [6.07, 6.45) is -16.1. The molecule has 43 heavy (non-hydrogen) atoms. The first kappa shape index (κ1) is 36.9. The van der Waals surface area contributed by atoms with E-state index in [2.05, 4.69) is 10.6 Å². The highest BCUT2D eigenvalue weighted by molar-refractivity contribution is 5.76. The highest BCUT2D eigenvalue weighted by Gasteiger charge is 2.59. The summed E-state index contributed by atoms with van der Waals surface area (Å²) in [5, 5.41) is 97.6. The van der Waals surface area contributed by atoms with Crippen molar-refractivity contribution in [2.45, 2.75) is 106 Å². The number of carboxylic acid groups (broad SMARTS) is 1. The van der Waals surface area contributed by atoms with E-state index in [1.165, 1.54) is 19.1 Å². The van der Waals surface area contributed by atoms with E-state index in [0.29, 0.717) is 0 Å². The molecular formula is C25H42N2O16. The molecule has 0 saturated carbocycles. The molecule has 18 nitrogen and oxygen atoms in total. The molecule has 0 spiro atoms. The van der Waals surface area contributed by atoms with Crippen LogP contribution in [0.1, 0.15) is 27.2 Å². The van der Waals surface area contributed by atoms with Gasteiger partial charge in [0.15, 0.2) is 6.29 Å². The van der Waals surface area contributed by atoms with Gasteiger partial charge >= 0.3 is 5.97 Å². The first-order valence-electron chi connectivity index (χ1n) is 13.5. The molecule has 0 aromatic carbocycles. The largest absolute Gasteiger partial charge is 0.477 e. The Labute approximate surface area is 246 Å². The zero-order valence-corrected chi connectivity index (χ0v) is 23.8. The first-order valence-corrected chi connectivity index (χ1v) is 13.5. The van der Waals surface area contributed by atoms with Crippen molar-refractivity contribution in [3.8, 4) is 0 Å². The number of nitrogens with one attached hydrogen (secondary N) is 2. The van der Waals surface area contributed by atoms with Gasteiger partial charge in [-0.25, -0.2) is 4.79 Å². The van der Waals surface area contributed by atoms with E-state index in [1.54, 1.807) is 6.92 Å². The predicted octanol–water partition coefficient (Wildman–Crippen LogP) is -5.58. The summed E-state index contributed by atoms with van der Waals surface area (Å²) in [7, 11) is 0. The molecule has 2 heterocycles. The van der Waals surface area contributed by atoms with Gasteiger partial charge < -0.3 is 75.5 Å². The SMILES string of the molecule is C/C=C/[C@H](O)[C@H](COC1OC(CO)C(O)C(OC2(C(=O)O)CC(O)C(NC(C)=O)C([C@H](O)[C@H](O)CO)O2)C1O)NC(C)=O. The minimum absolute atomic E-state index is 0.473. The van der Waals surface area contributed by atoms with Crippen LogP contribution in [0.25, 0.3) is 0 Å². The molecule has 0 aromatic rings. The molecule has 0 aliphatic carbocycles. The summed E-state index contributed by atoms with van der Waals surface area (Å²) in [6.45, 7) is 1.51. The number of allylic oxidation sites excluding steroid dienone is 1. The van der Waals surface area contributed by atoms with Crippen LogP contribution >= 0.6 is 0 Å². The van der Waals surface area contributed by atoms with Gasteiger partial charge in [-0.2, -0.15) is 0 Å². The Morgan fingerprint density at radius 3 is 2.23 bits per heavy atom. The maximum Gasteiger partial charge on any atom is 0.364 e. The second-order valence-electron chi connectivity index (χ2n) is 10.3. The molecule has 18 heteroatoms. The summed E-state index contributed by atoms with van der Waals surface area (Å²) in [6, 6.07) is -2.54. The lowest BCUT2D eigenvalue weighted by molar-refractivity contribution is -0.370. The van der Waals surface area contributed by atoms with E-state index >= 15 is 0 Å². The number of hydrogen-bond acceptors (Lipinski definition) is 15. The normalized spacial score (nSPS) is 36.0. The maximum absolute atomic E-state index is 12.5. The molecule has 2 fully saturated rings. The summed E-state index contributed by atoms with van der Waals surface area (Å²) >= 11 is 0. The smallest absolute Gasteiger partial charge is 0.364 e. The fourth-order valence-corrected chi connectivity index (χ4v) is 4.82. The van der Waals surface area contributed by atoms with Crippen LogP contribution < -0.4 is 10.6 Å². The molecule has 2 rings (SSSR count). The minimum atomic E-state index is -2.94. The Hall–Kier alpha value is -2.33. The van der Waals surface area contributed by atoms with Crippen LogP contribution in [-0.2, 0) is 33.3 Å². The van der Waals surface area contributed by atoms with Crippen molar-refractivity contribution in [1.29, 1.82) is 0 Å². The van der Waals surface area contributed by atoms with Gasteiger partial charge in [-0.05, 0) is 6.92 Å². The standard InChI is InChI=1S/C25H42N2O16/c1-4-5-13(32)12(26-10(2)30)9-40-23-20(37)22(19(36)16(8-29)41-23)43-25(24(38)39)6-14(33)17(27-11(3)31)21(42-25)18(35)15(34)7-28/h4-5,12-23,28-29,32-37H,6-9H2,1-3H3,(H,26,30)(H,27,31)(H,38,39)/b5-4+/t12-,13-,14?,15+,16?,17?,18+,19?,20?,21?,22?,23?,25?/m0/s1. The number of amides is 2. The van der Waals surface area contributed by atoms with Crippen molar-refractivity contribution >= 4 is 17.8 Å². The third kappa shape index (κ3) is 9.10. The van der Waals surface area contributed by atoms with Gasteiger partial charge in [0, 0.05) is 20.3 Å². The lowest BCUT2D eigenvalue weighted by Crippen LogP contribution is -2.70. The summed E-state index contributed by atoms with van der Waals surface area (Å²) in [5.41, 5.74) is 0. The third-order valence-corrected chi connectivity index (χ3v) is 6.97. The molecule has 2 saturated heterocycles. The van der Waals surface area contributed by atoms with Crippen molar-refractivity contribution in [1.82, 2.24) is 10.6 Å². The average Bonchev–Trinajstić information content (AvgIpc) is 2.94. The molecule has 248 valence electrons. The van der Waals surface area contributed by atoms with E-state index in [4.69, 9.17) is 18.9 Å². The number of aliphatic hydroxyl groups excluding tert-OH is 8. The zero-order valence-electron chi connectivity index (χ0n) is 23.8. The van der Waals surface area contributed by atoms with Gasteiger partial charge in [-0.15, -0.1) is 0 Å². The van der Waals surface area contributed by atoms with E-state index in [9.17, 15) is 60.3 Å². The monoisotopic (exact) mass is 626 g/mol. The number of aliphatic hydroxyl groups is 8. The number of carboxylic acids is 1. The fraction of sp³-hybridized carbons (Fsp3) is 0.800. The Bertz CT molecular complexity index is 970. The van der Waals surface area contributed by atoms with Crippen LogP contribution in [0.15, 0.2) is 12.2 Å². The first-order chi connectivity index (χ1) is 20.1. The zero-order chi connectivity index (χ0) is 32.6. The number of aliphatic carboxylic acids is 1. The number of hydrogen-bond donors (Lipinski definition) is 11. The van der Waals surface area contributed by atoms with Gasteiger partial charge in [-0.1, -0.05) is 12.2 Å². The summed E-state index contributed by atoms with van der Waals surface area (Å²) in [4.78, 5) is 35.9. The number of rotatable bonds is 14. The molecular weight excluding hydrogens is 584 g/mol. The maximum atomic E-state index is 12.5. The molecule has 0 bridgehead atoms. The van der Waals surface area contributed by atoms with Crippen molar-refractivity contribution in [3.05, 3.63) is 12.2 Å². The van der Waals surface area contributed by atoms with Gasteiger partial charge in [0.05, 0.1) is 44.1 Å². The topological polar surface area (TPSA) is 294 Å². The van der Waals surface area contributed by atoms with Crippen molar-refractivity contribution in [2.24, 2.45) is 0 Å². The second-order valence-corrected chi connectivity index (χ2v) is 10.3. The van der Waals surface area contributed by atoms with Gasteiger partial charge in [0.1, 0.15) is 42.7 Å². The summed E-state index contributed by atoms with van der Waals surface area (Å²) in [5.74, 6) is -6.09. The number of ether oxygens (including phenoxy) is 4. The average molecular weight is 627 g/mol. The van der Waals surface area contributed by atoms with E-state index in [1.807, 2.05) is 0 Å². The fourth-order valence-electron chi connectivity index (χ4n) is 4.82. The number of carbonyl (C=O) groups excluding carboxylic acids is 2. The molecule has 13 atom stereocenters. The lowest BCUT2D eigenvalue weighted by Gasteiger charge is -2.50. The predicted molar refractivity (Wildman–Crippen MR) is 140 cm³/mol. The Morgan fingerprint density at radius 2 is 1.72 bits per heavy atom. The molecule has 9 unspecified atom stereocenters. The van der Waals surface area contributed by atoms with Crippen LogP contribution in [0, 0.1) is 0 Å². The molecule has 11 N–H and O–H groups in total. The molecule has 2 aliphatic heterocycles. The van der Waals surface area contributed by atoms with Crippen LogP contribution in [0.3, 0.4) is 0 Å². The van der Waals surface area contributed by atoms with Crippen LogP contribution in [-0.4, -0.2) is 163 Å². The van der Waals surface area contributed by atoms with Gasteiger partial charge in [0.25, 0.3) is 5.79 Å². The van der Waals surface area contributed by atoms with Crippen molar-refractivity contribution in [3.63, 3.8) is 0 Å². The Balaban J connectivity index is 2.41. The van der Waals surface area contributed by atoms with Crippen LogP contribution in [0.2, 0.25) is 0 Å². The molecule has 2 amide bonds. The van der Waals surface area contributed by atoms with Crippen LogP contribution in [0.5, 0.6) is 0 Å². The van der Waals surface area contributed by atoms with Gasteiger partial charge in [0.2, 0.25) is 11.8 Å². The third-order valence-electron chi connectivity index (χ3n) is 6.97. The molecule has 0 radical (unpaired) electrons. The van der Waals surface area contributed by atoms with Crippen molar-refractivity contribution < 1.29 is 79.3 Å². The molecule has 0 aromatic heterocycles. The highest BCUT2D eigenvalue weighted by Crippen LogP contribution is 2.37. The van der Waals surface area contributed by atoms with Crippen molar-refractivity contribution in [2.75, 3.05) is 19.8 Å². The minimum Gasteiger partial charge on any atom is -0.477 e.